The monoisotopic (exact) mass is 266 g/mol. The van der Waals surface area contributed by atoms with Crippen LogP contribution in [0.5, 0.6) is 0 Å². The highest BCUT2D eigenvalue weighted by molar-refractivity contribution is 6.30. The zero-order valence-corrected chi connectivity index (χ0v) is 11.6. The summed E-state index contributed by atoms with van der Waals surface area (Å²) in [5.74, 6) is 0. The molecule has 0 nitrogen and oxygen atoms in total. The first-order valence-corrected chi connectivity index (χ1v) is 6.93. The fourth-order valence-corrected chi connectivity index (χ4v) is 2.57. The summed E-state index contributed by atoms with van der Waals surface area (Å²) in [5, 5.41) is 0.775. The summed E-state index contributed by atoms with van der Waals surface area (Å²) in [5.41, 5.74) is 6.46. The van der Waals surface area contributed by atoms with Crippen molar-refractivity contribution in [2.75, 3.05) is 0 Å². The molecule has 0 N–H and O–H groups in total. The summed E-state index contributed by atoms with van der Waals surface area (Å²) in [6.07, 6.45) is 1.07. The molecular weight excluding hydrogens is 252 g/mol. The van der Waals surface area contributed by atoms with Gasteiger partial charge in [0.05, 0.1) is 0 Å². The fraction of sp³-hybridized carbons (Fsp3) is 0.111. The van der Waals surface area contributed by atoms with E-state index < -0.39 is 0 Å². The van der Waals surface area contributed by atoms with Gasteiger partial charge >= 0.3 is 0 Å². The first-order valence-electron chi connectivity index (χ1n) is 6.55. The lowest BCUT2D eigenvalue weighted by atomic mass is 10.0. The van der Waals surface area contributed by atoms with E-state index in [0.717, 1.165) is 11.4 Å². The van der Waals surface area contributed by atoms with Gasteiger partial charge in [-0.3, -0.25) is 0 Å². The summed E-state index contributed by atoms with van der Waals surface area (Å²) >= 11 is 5.97. The van der Waals surface area contributed by atoms with Crippen LogP contribution < -0.4 is 0 Å². The molecule has 1 aromatic carbocycles. The molecule has 0 radical (unpaired) electrons. The van der Waals surface area contributed by atoms with Gasteiger partial charge in [0, 0.05) is 5.02 Å². The molecule has 0 atom stereocenters. The topological polar surface area (TPSA) is 0 Å². The van der Waals surface area contributed by atoms with Crippen molar-refractivity contribution in [3.8, 4) is 22.3 Å². The van der Waals surface area contributed by atoms with Gasteiger partial charge in [-0.25, -0.2) is 0 Å². The van der Waals surface area contributed by atoms with Crippen LogP contribution in [0.25, 0.3) is 22.3 Å². The standard InChI is InChI=1S/C18H15Cl/c1-2-13-11-15-5-3-4-6-17(18(15)12-13)14-7-9-16(19)10-8-14/h3-12H,2H2,1H3. The molecule has 3 rings (SSSR count). The van der Waals surface area contributed by atoms with Crippen LogP contribution in [0.3, 0.4) is 0 Å². The SMILES string of the molecule is CCc1cc2ccccc(-c3ccc(Cl)cc3)c-2c1. The van der Waals surface area contributed by atoms with E-state index in [1.54, 1.807) is 0 Å². The maximum atomic E-state index is 5.97. The third-order valence-corrected chi connectivity index (χ3v) is 3.74. The first kappa shape index (κ1) is 12.3. The predicted molar refractivity (Wildman–Crippen MR) is 82.9 cm³/mol. The van der Waals surface area contributed by atoms with E-state index in [9.17, 15) is 0 Å². The average molecular weight is 267 g/mol. The summed E-state index contributed by atoms with van der Waals surface area (Å²) in [6, 6.07) is 21.1. The maximum absolute atomic E-state index is 5.97. The minimum atomic E-state index is 0.775. The molecule has 0 fully saturated rings. The van der Waals surface area contributed by atoms with Gasteiger partial charge in [-0.2, -0.15) is 0 Å². The van der Waals surface area contributed by atoms with Gasteiger partial charge in [-0.05, 0) is 46.4 Å². The smallest absolute Gasteiger partial charge is 0.0406 e. The predicted octanol–water partition coefficient (Wildman–Crippen LogP) is 5.67. The van der Waals surface area contributed by atoms with Crippen molar-refractivity contribution < 1.29 is 0 Å². The molecule has 0 bridgehead atoms. The molecule has 0 saturated heterocycles. The normalized spacial score (nSPS) is 10.8. The molecule has 0 amide bonds. The largest absolute Gasteiger partial charge is 0.0843 e. The minimum absolute atomic E-state index is 0.775. The Morgan fingerprint density at radius 2 is 1.53 bits per heavy atom. The van der Waals surface area contributed by atoms with E-state index in [-0.39, 0.29) is 0 Å². The lowest BCUT2D eigenvalue weighted by molar-refractivity contribution is 1.15. The fourth-order valence-electron chi connectivity index (χ4n) is 2.45. The molecule has 1 heteroatoms. The van der Waals surface area contributed by atoms with Gasteiger partial charge in [-0.15, -0.1) is 0 Å². The van der Waals surface area contributed by atoms with E-state index in [2.05, 4.69) is 55.5 Å². The molecule has 19 heavy (non-hydrogen) atoms. The van der Waals surface area contributed by atoms with E-state index in [0.29, 0.717) is 0 Å². The summed E-state index contributed by atoms with van der Waals surface area (Å²) in [6.45, 7) is 2.19. The molecule has 2 aliphatic rings. The minimum Gasteiger partial charge on any atom is -0.0843 e. The first-order chi connectivity index (χ1) is 9.28. The Labute approximate surface area is 119 Å². The van der Waals surface area contributed by atoms with Crippen LogP contribution in [0, 0.1) is 0 Å². The van der Waals surface area contributed by atoms with Crippen molar-refractivity contribution in [3.63, 3.8) is 0 Å². The highest BCUT2D eigenvalue weighted by Crippen LogP contribution is 2.35. The highest BCUT2D eigenvalue weighted by Gasteiger charge is 2.10. The van der Waals surface area contributed by atoms with E-state index in [1.807, 2.05) is 12.1 Å². The lowest BCUT2D eigenvalue weighted by Crippen LogP contribution is -1.78. The molecule has 0 spiro atoms. The molecule has 0 heterocycles. The highest BCUT2D eigenvalue weighted by atomic mass is 35.5. The Kier molecular flexibility index (Phi) is 3.27. The van der Waals surface area contributed by atoms with Crippen molar-refractivity contribution in [2.24, 2.45) is 0 Å². The number of rotatable bonds is 2. The average Bonchev–Trinajstić information content (AvgIpc) is 2.74. The Hall–Kier alpha value is -1.79. The van der Waals surface area contributed by atoms with Crippen LogP contribution in [0.15, 0.2) is 60.7 Å². The zero-order chi connectivity index (χ0) is 13.2. The molecule has 0 aliphatic heterocycles. The number of benzene rings is 1. The molecule has 1 aromatic rings. The Morgan fingerprint density at radius 1 is 0.789 bits per heavy atom. The van der Waals surface area contributed by atoms with Crippen molar-refractivity contribution in [2.45, 2.75) is 13.3 Å². The van der Waals surface area contributed by atoms with Crippen LogP contribution in [-0.4, -0.2) is 0 Å². The van der Waals surface area contributed by atoms with Crippen molar-refractivity contribution in [1.29, 1.82) is 0 Å². The van der Waals surface area contributed by atoms with Crippen molar-refractivity contribution >= 4 is 11.6 Å². The van der Waals surface area contributed by atoms with Crippen LogP contribution in [0.1, 0.15) is 12.5 Å². The Balaban J connectivity index is 2.22. The quantitative estimate of drug-likeness (QED) is 0.560. The summed E-state index contributed by atoms with van der Waals surface area (Å²) in [4.78, 5) is 0. The van der Waals surface area contributed by atoms with E-state index >= 15 is 0 Å². The molecule has 0 unspecified atom stereocenters. The third-order valence-electron chi connectivity index (χ3n) is 3.49. The molecule has 0 saturated carbocycles. The number of fused-ring (bicyclic) bond motifs is 1. The molecule has 94 valence electrons. The van der Waals surface area contributed by atoms with Crippen molar-refractivity contribution in [1.82, 2.24) is 0 Å². The third kappa shape index (κ3) is 2.36. The second kappa shape index (κ2) is 5.07. The van der Waals surface area contributed by atoms with E-state index in [4.69, 9.17) is 11.6 Å². The second-order valence-corrected chi connectivity index (χ2v) is 5.16. The number of hydrogen-bond acceptors (Lipinski definition) is 0. The second-order valence-electron chi connectivity index (χ2n) is 4.72. The lowest BCUT2D eigenvalue weighted by Gasteiger charge is -2.04. The van der Waals surface area contributed by atoms with Gasteiger partial charge in [0.15, 0.2) is 0 Å². The molecule has 0 aromatic heterocycles. The summed E-state index contributed by atoms with van der Waals surface area (Å²) < 4.78 is 0. The van der Waals surface area contributed by atoms with Gasteiger partial charge in [0.1, 0.15) is 0 Å². The van der Waals surface area contributed by atoms with Crippen LogP contribution in [-0.2, 0) is 6.42 Å². The van der Waals surface area contributed by atoms with Gasteiger partial charge in [-0.1, -0.05) is 67.1 Å². The Morgan fingerprint density at radius 3 is 2.26 bits per heavy atom. The number of aryl methyl sites for hydroxylation is 1. The van der Waals surface area contributed by atoms with Crippen molar-refractivity contribution in [3.05, 3.63) is 71.2 Å². The molecule has 2 aliphatic carbocycles. The van der Waals surface area contributed by atoms with Gasteiger partial charge < -0.3 is 0 Å². The van der Waals surface area contributed by atoms with Crippen LogP contribution in [0.2, 0.25) is 5.02 Å². The van der Waals surface area contributed by atoms with Crippen LogP contribution in [0.4, 0.5) is 0 Å². The Bertz CT molecular complexity index is 668. The van der Waals surface area contributed by atoms with Crippen LogP contribution >= 0.6 is 11.6 Å². The number of halogens is 1. The van der Waals surface area contributed by atoms with Gasteiger partial charge in [0.25, 0.3) is 0 Å². The van der Waals surface area contributed by atoms with E-state index in [1.165, 1.54) is 27.8 Å². The zero-order valence-electron chi connectivity index (χ0n) is 10.9. The summed E-state index contributed by atoms with van der Waals surface area (Å²) in [7, 11) is 0. The number of hydrogen-bond donors (Lipinski definition) is 0. The van der Waals surface area contributed by atoms with Gasteiger partial charge in [0.2, 0.25) is 0 Å². The maximum Gasteiger partial charge on any atom is 0.0406 e. The molecular formula is C18H15Cl.